The van der Waals surface area contributed by atoms with E-state index in [1.807, 2.05) is 31.2 Å². The molecule has 146 valence electrons. The fourth-order valence-electron chi connectivity index (χ4n) is 2.52. The molecule has 2 N–H and O–H groups in total. The predicted molar refractivity (Wildman–Crippen MR) is 118 cm³/mol. The summed E-state index contributed by atoms with van der Waals surface area (Å²) in [6, 6.07) is 12.1. The lowest BCUT2D eigenvalue weighted by molar-refractivity contribution is 0.342. The molecule has 0 amide bonds. The molecule has 0 aliphatic heterocycles. The first-order valence-corrected chi connectivity index (χ1v) is 10.0. The van der Waals surface area contributed by atoms with Crippen LogP contribution in [0.2, 0.25) is 5.02 Å². The molecule has 0 aliphatic rings. The van der Waals surface area contributed by atoms with Crippen LogP contribution in [0.5, 0.6) is 5.75 Å². The Morgan fingerprint density at radius 1 is 1.25 bits per heavy atom. The highest BCUT2D eigenvalue weighted by Gasteiger charge is 2.13. The van der Waals surface area contributed by atoms with Crippen molar-refractivity contribution in [2.24, 2.45) is 0 Å². The van der Waals surface area contributed by atoms with Gasteiger partial charge >= 0.3 is 0 Å². The molecule has 0 spiro atoms. The van der Waals surface area contributed by atoms with Gasteiger partial charge in [-0.3, -0.25) is 4.68 Å². The molecular formula is C19H17BrClFN4OS. The summed E-state index contributed by atoms with van der Waals surface area (Å²) < 4.78 is 21.8. The molecule has 28 heavy (non-hydrogen) atoms. The summed E-state index contributed by atoms with van der Waals surface area (Å²) >= 11 is 14.9. The van der Waals surface area contributed by atoms with Crippen molar-refractivity contribution in [3.8, 4) is 5.75 Å². The molecule has 0 saturated carbocycles. The first-order chi connectivity index (χ1) is 13.5. The molecule has 0 unspecified atom stereocenters. The van der Waals surface area contributed by atoms with Gasteiger partial charge in [0.05, 0.1) is 23.3 Å². The van der Waals surface area contributed by atoms with Crippen LogP contribution in [0.4, 0.5) is 15.9 Å². The maximum absolute atomic E-state index is 14.0. The Hall–Kier alpha value is -2.16. The van der Waals surface area contributed by atoms with Crippen molar-refractivity contribution in [1.29, 1.82) is 0 Å². The second kappa shape index (κ2) is 9.36. The lowest BCUT2D eigenvalue weighted by atomic mass is 10.2. The van der Waals surface area contributed by atoms with Crippen molar-refractivity contribution < 1.29 is 9.13 Å². The SMILES string of the molecule is CCOc1ccccc1NC(=S)Nc1nn(Cc2c(F)cccc2Cl)cc1Br. The Morgan fingerprint density at radius 3 is 2.79 bits per heavy atom. The monoisotopic (exact) mass is 482 g/mol. The Balaban J connectivity index is 1.71. The van der Waals surface area contributed by atoms with Gasteiger partial charge in [-0.1, -0.05) is 29.8 Å². The smallest absolute Gasteiger partial charge is 0.176 e. The number of aromatic nitrogens is 2. The third-order valence-electron chi connectivity index (χ3n) is 3.77. The van der Waals surface area contributed by atoms with Crippen LogP contribution in [0.1, 0.15) is 12.5 Å². The van der Waals surface area contributed by atoms with Gasteiger partial charge in [0, 0.05) is 16.8 Å². The van der Waals surface area contributed by atoms with Crippen molar-refractivity contribution in [1.82, 2.24) is 9.78 Å². The molecule has 0 radical (unpaired) electrons. The molecule has 3 rings (SSSR count). The van der Waals surface area contributed by atoms with Crippen LogP contribution in [0.3, 0.4) is 0 Å². The number of nitrogens with one attached hydrogen (secondary N) is 2. The maximum Gasteiger partial charge on any atom is 0.176 e. The summed E-state index contributed by atoms with van der Waals surface area (Å²) in [4.78, 5) is 0. The zero-order valence-electron chi connectivity index (χ0n) is 14.9. The van der Waals surface area contributed by atoms with Gasteiger partial charge in [-0.2, -0.15) is 5.10 Å². The van der Waals surface area contributed by atoms with Crippen molar-refractivity contribution in [3.05, 3.63) is 69.5 Å². The highest BCUT2D eigenvalue weighted by atomic mass is 79.9. The van der Waals surface area contributed by atoms with Crippen LogP contribution in [0.25, 0.3) is 0 Å². The number of hydrogen-bond donors (Lipinski definition) is 2. The molecule has 0 fully saturated rings. The van der Waals surface area contributed by atoms with E-state index >= 15 is 0 Å². The molecule has 2 aromatic carbocycles. The number of thiocarbonyl (C=S) groups is 1. The summed E-state index contributed by atoms with van der Waals surface area (Å²) in [6.45, 7) is 2.66. The van der Waals surface area contributed by atoms with Crippen molar-refractivity contribution in [3.63, 3.8) is 0 Å². The number of para-hydroxylation sites is 2. The second-order valence-corrected chi connectivity index (χ2v) is 7.40. The fraction of sp³-hybridized carbons (Fsp3) is 0.158. The number of rotatable bonds is 6. The van der Waals surface area contributed by atoms with Crippen LogP contribution in [0, 0.1) is 5.82 Å². The quantitative estimate of drug-likeness (QED) is 0.441. The van der Waals surface area contributed by atoms with E-state index in [0.717, 1.165) is 5.69 Å². The van der Waals surface area contributed by atoms with Gasteiger partial charge in [0.2, 0.25) is 0 Å². The minimum Gasteiger partial charge on any atom is -0.492 e. The average molecular weight is 484 g/mol. The minimum absolute atomic E-state index is 0.194. The topological polar surface area (TPSA) is 51.1 Å². The van der Waals surface area contributed by atoms with Gasteiger partial charge in [0.15, 0.2) is 10.9 Å². The second-order valence-electron chi connectivity index (χ2n) is 5.73. The summed E-state index contributed by atoms with van der Waals surface area (Å²) in [6.07, 6.45) is 1.72. The Kier molecular flexibility index (Phi) is 6.88. The first kappa shape index (κ1) is 20.6. The van der Waals surface area contributed by atoms with E-state index in [1.54, 1.807) is 23.0 Å². The number of hydrogen-bond acceptors (Lipinski definition) is 3. The zero-order valence-corrected chi connectivity index (χ0v) is 18.0. The third kappa shape index (κ3) is 5.01. The van der Waals surface area contributed by atoms with E-state index < -0.39 is 0 Å². The summed E-state index contributed by atoms with van der Waals surface area (Å²) in [7, 11) is 0. The van der Waals surface area contributed by atoms with E-state index in [-0.39, 0.29) is 12.4 Å². The Morgan fingerprint density at radius 2 is 2.04 bits per heavy atom. The van der Waals surface area contributed by atoms with Crippen molar-refractivity contribution in [2.75, 3.05) is 17.2 Å². The minimum atomic E-state index is -0.377. The summed E-state index contributed by atoms with van der Waals surface area (Å²) in [5.74, 6) is 0.824. The highest BCUT2D eigenvalue weighted by Crippen LogP contribution is 2.26. The van der Waals surface area contributed by atoms with Crippen LogP contribution in [-0.2, 0) is 6.54 Å². The van der Waals surface area contributed by atoms with Crippen LogP contribution in [0.15, 0.2) is 53.1 Å². The Bertz CT molecular complexity index is 978. The lowest BCUT2D eigenvalue weighted by Crippen LogP contribution is -2.20. The van der Waals surface area contributed by atoms with Gasteiger partial charge in [-0.15, -0.1) is 0 Å². The summed E-state index contributed by atoms with van der Waals surface area (Å²) in [5.41, 5.74) is 1.12. The first-order valence-electron chi connectivity index (χ1n) is 8.43. The maximum atomic E-state index is 14.0. The van der Waals surface area contributed by atoms with Crippen LogP contribution in [-0.4, -0.2) is 21.5 Å². The fourth-order valence-corrected chi connectivity index (χ4v) is 3.36. The van der Waals surface area contributed by atoms with Gasteiger partial charge in [-0.25, -0.2) is 4.39 Å². The number of benzene rings is 2. The molecule has 0 atom stereocenters. The predicted octanol–water partition coefficient (Wildman–Crippen LogP) is 5.69. The molecule has 1 aromatic heterocycles. The van der Waals surface area contributed by atoms with Gasteiger partial charge in [-0.05, 0) is 59.3 Å². The van der Waals surface area contributed by atoms with Gasteiger partial charge in [0.25, 0.3) is 0 Å². The standard InChI is InChI=1S/C19H17BrClFN4OS/c1-2-27-17-9-4-3-8-16(17)23-19(28)24-18-13(20)11-26(25-18)10-12-14(21)6-5-7-15(12)22/h3-9,11H,2,10H2,1H3,(H2,23,24,25,28). The van der Waals surface area contributed by atoms with Crippen molar-refractivity contribution >= 4 is 56.4 Å². The van der Waals surface area contributed by atoms with Gasteiger partial charge < -0.3 is 15.4 Å². The van der Waals surface area contributed by atoms with E-state index in [2.05, 4.69) is 31.7 Å². The van der Waals surface area contributed by atoms with Crippen LogP contribution < -0.4 is 15.4 Å². The number of halogens is 3. The number of anilines is 2. The van der Waals surface area contributed by atoms with Crippen molar-refractivity contribution in [2.45, 2.75) is 13.5 Å². The molecule has 0 bridgehead atoms. The highest BCUT2D eigenvalue weighted by molar-refractivity contribution is 9.10. The summed E-state index contributed by atoms with van der Waals surface area (Å²) in [5, 5.41) is 11.2. The molecule has 1 heterocycles. The third-order valence-corrected chi connectivity index (χ3v) is 4.90. The zero-order chi connectivity index (χ0) is 20.1. The van der Waals surface area contributed by atoms with E-state index in [9.17, 15) is 4.39 Å². The van der Waals surface area contributed by atoms with E-state index in [4.69, 9.17) is 28.6 Å². The average Bonchev–Trinajstić information content (AvgIpc) is 2.99. The molecule has 5 nitrogen and oxygen atoms in total. The molecular weight excluding hydrogens is 467 g/mol. The molecule has 0 aliphatic carbocycles. The largest absolute Gasteiger partial charge is 0.492 e. The Labute approximate surface area is 181 Å². The van der Waals surface area contributed by atoms with E-state index in [0.29, 0.717) is 38.3 Å². The van der Waals surface area contributed by atoms with Crippen LogP contribution >= 0.6 is 39.7 Å². The number of ether oxygens (including phenoxy) is 1. The lowest BCUT2D eigenvalue weighted by Gasteiger charge is -2.13. The van der Waals surface area contributed by atoms with Gasteiger partial charge in [0.1, 0.15) is 11.6 Å². The van der Waals surface area contributed by atoms with E-state index in [1.165, 1.54) is 6.07 Å². The molecule has 9 heteroatoms. The normalized spacial score (nSPS) is 10.6. The molecule has 0 saturated heterocycles. The molecule has 3 aromatic rings. The number of nitrogens with zero attached hydrogens (tertiary/aromatic N) is 2.